The maximum absolute atomic E-state index is 14.4. The topological polar surface area (TPSA) is 51.2 Å². The molecule has 6 nitrogen and oxygen atoms in total. The summed E-state index contributed by atoms with van der Waals surface area (Å²) in [5.74, 6) is 2.57. The summed E-state index contributed by atoms with van der Waals surface area (Å²) in [6, 6.07) is 14.9. The average Bonchev–Trinajstić information content (AvgIpc) is 3.71. The van der Waals surface area contributed by atoms with E-state index < -0.39 is 5.60 Å². The first kappa shape index (κ1) is 24.0. The number of ether oxygens (including phenoxy) is 3. The molecular formula is C33H38N2O4. The third-order valence-electron chi connectivity index (χ3n) is 11.2. The molecule has 2 spiro atoms. The SMILES string of the molecule is COc1ccc2c3c1O[C@@H]1[C@]34CCN(CC3CC3)[C@H](C2)[C@@]42C=C(C(=O)N(C)Cc3ccccc3)[C@]1(OC)CC2. The van der Waals surface area contributed by atoms with Gasteiger partial charge in [0.05, 0.1) is 12.5 Å². The quantitative estimate of drug-likeness (QED) is 0.532. The Morgan fingerprint density at radius 3 is 2.67 bits per heavy atom. The summed E-state index contributed by atoms with van der Waals surface area (Å²) in [4.78, 5) is 19.0. The third kappa shape index (κ3) is 2.92. The lowest BCUT2D eigenvalue weighted by Crippen LogP contribution is -2.78. The number of piperidine rings is 1. The van der Waals surface area contributed by atoms with Gasteiger partial charge in [0.15, 0.2) is 11.5 Å². The fraction of sp³-hybridized carbons (Fsp3) is 0.545. The molecule has 6 heteroatoms. The first-order valence-electron chi connectivity index (χ1n) is 14.7. The Hall–Kier alpha value is -2.83. The van der Waals surface area contributed by atoms with Crippen LogP contribution in [-0.4, -0.2) is 67.8 Å². The fourth-order valence-electron chi connectivity index (χ4n) is 9.38. The van der Waals surface area contributed by atoms with Crippen molar-refractivity contribution in [1.29, 1.82) is 0 Å². The Kier molecular flexibility index (Phi) is 4.99. The maximum atomic E-state index is 14.4. The van der Waals surface area contributed by atoms with Crippen LogP contribution in [0.4, 0.5) is 0 Å². The highest BCUT2D eigenvalue weighted by molar-refractivity contribution is 5.97. The van der Waals surface area contributed by atoms with Gasteiger partial charge in [-0.2, -0.15) is 0 Å². The lowest BCUT2D eigenvalue weighted by Gasteiger charge is -2.70. The Morgan fingerprint density at radius 1 is 1.10 bits per heavy atom. The van der Waals surface area contributed by atoms with Gasteiger partial charge in [0.2, 0.25) is 0 Å². The molecule has 4 bridgehead atoms. The number of amides is 1. The van der Waals surface area contributed by atoms with E-state index in [1.165, 1.54) is 30.5 Å². The number of likely N-dealkylation sites (tertiary alicyclic amines) is 1. The molecule has 2 saturated carbocycles. The Balaban J connectivity index is 1.30. The highest BCUT2D eigenvalue weighted by Crippen LogP contribution is 2.75. The van der Waals surface area contributed by atoms with E-state index in [4.69, 9.17) is 14.2 Å². The Labute approximate surface area is 230 Å². The minimum Gasteiger partial charge on any atom is -0.493 e. The van der Waals surface area contributed by atoms with Crippen molar-refractivity contribution in [1.82, 2.24) is 9.80 Å². The molecule has 5 aliphatic carbocycles. The highest BCUT2D eigenvalue weighted by atomic mass is 16.6. The summed E-state index contributed by atoms with van der Waals surface area (Å²) in [6.07, 6.45) is 8.70. The van der Waals surface area contributed by atoms with Gasteiger partial charge in [0.1, 0.15) is 11.7 Å². The molecule has 0 aromatic heterocycles. The van der Waals surface area contributed by atoms with Crippen LogP contribution < -0.4 is 9.47 Å². The predicted octanol–water partition coefficient (Wildman–Crippen LogP) is 4.50. The molecule has 2 heterocycles. The van der Waals surface area contributed by atoms with Gasteiger partial charge in [-0.3, -0.25) is 9.69 Å². The summed E-state index contributed by atoms with van der Waals surface area (Å²) in [5, 5.41) is 0. The van der Waals surface area contributed by atoms with Gasteiger partial charge in [0.25, 0.3) is 5.91 Å². The molecule has 2 aromatic carbocycles. The van der Waals surface area contributed by atoms with E-state index in [1.54, 1.807) is 14.2 Å². The minimum atomic E-state index is -0.786. The van der Waals surface area contributed by atoms with Gasteiger partial charge >= 0.3 is 0 Å². The van der Waals surface area contributed by atoms with Crippen LogP contribution in [0.5, 0.6) is 11.5 Å². The van der Waals surface area contributed by atoms with Crippen LogP contribution in [0, 0.1) is 11.3 Å². The van der Waals surface area contributed by atoms with E-state index in [0.717, 1.165) is 60.8 Å². The molecule has 0 N–H and O–H groups in total. The molecule has 1 amide bonds. The summed E-state index contributed by atoms with van der Waals surface area (Å²) in [7, 11) is 5.43. The summed E-state index contributed by atoms with van der Waals surface area (Å²) in [6.45, 7) is 2.81. The predicted molar refractivity (Wildman–Crippen MR) is 148 cm³/mol. The monoisotopic (exact) mass is 526 g/mol. The standard InChI is InChI=1S/C33H38N2O4/c1-34(19-21-7-5-4-6-8-21)29(36)24-18-31-13-14-33(24,38-3)30-32(31)15-16-35(20-22-9-10-22)26(31)17-23-11-12-25(37-2)28(39-30)27(23)32/h4-8,11-12,18,22,26,30H,9-10,13-17,19-20H2,1-3H3/t26-,30-,31-,32+,33-/m1/s1. The van der Waals surface area contributed by atoms with Gasteiger partial charge in [-0.15, -0.1) is 0 Å². The lowest BCUT2D eigenvalue weighted by atomic mass is 9.37. The molecule has 7 aliphatic rings. The fourth-order valence-corrected chi connectivity index (χ4v) is 9.38. The molecule has 0 unspecified atom stereocenters. The number of fused-ring (bicyclic) bond motifs is 1. The van der Waals surface area contributed by atoms with Crippen molar-refractivity contribution in [2.24, 2.45) is 11.3 Å². The maximum Gasteiger partial charge on any atom is 0.252 e. The number of hydrogen-bond acceptors (Lipinski definition) is 5. The number of carbonyl (C=O) groups excluding carboxylic acids is 1. The van der Waals surface area contributed by atoms with E-state index in [2.05, 4.69) is 35.2 Å². The zero-order chi connectivity index (χ0) is 26.6. The van der Waals surface area contributed by atoms with Crippen molar-refractivity contribution < 1.29 is 19.0 Å². The summed E-state index contributed by atoms with van der Waals surface area (Å²) < 4.78 is 19.4. The lowest BCUT2D eigenvalue weighted by molar-refractivity contribution is -0.198. The molecule has 39 heavy (non-hydrogen) atoms. The molecular weight excluding hydrogens is 488 g/mol. The summed E-state index contributed by atoms with van der Waals surface area (Å²) in [5.41, 5.74) is 3.51. The van der Waals surface area contributed by atoms with Crippen molar-refractivity contribution in [3.8, 4) is 11.5 Å². The van der Waals surface area contributed by atoms with Crippen LogP contribution in [0.3, 0.4) is 0 Å². The van der Waals surface area contributed by atoms with E-state index in [0.29, 0.717) is 12.6 Å². The van der Waals surface area contributed by atoms with Gasteiger partial charge in [-0.25, -0.2) is 0 Å². The van der Waals surface area contributed by atoms with Gasteiger partial charge in [-0.1, -0.05) is 42.5 Å². The second kappa shape index (κ2) is 8.11. The molecule has 204 valence electrons. The van der Waals surface area contributed by atoms with Crippen LogP contribution in [0.15, 0.2) is 54.1 Å². The van der Waals surface area contributed by atoms with Gasteiger partial charge in [-0.05, 0) is 68.2 Å². The molecule has 1 saturated heterocycles. The zero-order valence-electron chi connectivity index (χ0n) is 23.2. The van der Waals surface area contributed by atoms with Crippen molar-refractivity contribution in [2.75, 3.05) is 34.4 Å². The van der Waals surface area contributed by atoms with Crippen LogP contribution in [0.25, 0.3) is 0 Å². The number of carbonyl (C=O) groups is 1. The first-order chi connectivity index (χ1) is 19.0. The van der Waals surface area contributed by atoms with Crippen LogP contribution in [0.2, 0.25) is 0 Å². The molecule has 2 aliphatic heterocycles. The smallest absolute Gasteiger partial charge is 0.252 e. The van der Waals surface area contributed by atoms with Crippen LogP contribution in [-0.2, 0) is 27.9 Å². The highest BCUT2D eigenvalue weighted by Gasteiger charge is 2.79. The molecule has 5 atom stereocenters. The van der Waals surface area contributed by atoms with Crippen molar-refractivity contribution >= 4 is 5.91 Å². The van der Waals surface area contributed by atoms with E-state index in [1.807, 2.05) is 30.1 Å². The molecule has 9 rings (SSSR count). The van der Waals surface area contributed by atoms with Gasteiger partial charge < -0.3 is 19.1 Å². The third-order valence-corrected chi connectivity index (χ3v) is 11.2. The number of methoxy groups -OCH3 is 2. The van der Waals surface area contributed by atoms with E-state index in [9.17, 15) is 4.79 Å². The second-order valence-corrected chi connectivity index (χ2v) is 12.8. The van der Waals surface area contributed by atoms with E-state index >= 15 is 0 Å². The minimum absolute atomic E-state index is 0.0544. The normalized spacial score (nSPS) is 35.2. The Morgan fingerprint density at radius 2 is 1.92 bits per heavy atom. The second-order valence-electron chi connectivity index (χ2n) is 12.8. The number of benzene rings is 2. The first-order valence-corrected chi connectivity index (χ1v) is 14.7. The number of hydrogen-bond donors (Lipinski definition) is 0. The summed E-state index contributed by atoms with van der Waals surface area (Å²) >= 11 is 0. The van der Waals surface area contributed by atoms with Crippen molar-refractivity contribution in [3.63, 3.8) is 0 Å². The average molecular weight is 527 g/mol. The number of likely N-dealkylation sites (N-methyl/N-ethyl adjacent to an activating group) is 1. The molecule has 3 fully saturated rings. The van der Waals surface area contributed by atoms with Crippen LogP contribution in [0.1, 0.15) is 48.8 Å². The zero-order valence-corrected chi connectivity index (χ0v) is 23.2. The molecule has 0 radical (unpaired) electrons. The molecule has 2 aromatic rings. The van der Waals surface area contributed by atoms with Crippen LogP contribution >= 0.6 is 0 Å². The largest absolute Gasteiger partial charge is 0.493 e. The Bertz CT molecular complexity index is 1390. The number of nitrogens with zero attached hydrogens (tertiary/aromatic N) is 2. The van der Waals surface area contributed by atoms with Gasteiger partial charge in [0, 0.05) is 49.8 Å². The number of rotatable bonds is 7. The van der Waals surface area contributed by atoms with Crippen molar-refractivity contribution in [3.05, 3.63) is 70.8 Å². The van der Waals surface area contributed by atoms with Crippen molar-refractivity contribution in [2.45, 2.75) is 68.2 Å². The van der Waals surface area contributed by atoms with E-state index in [-0.39, 0.29) is 22.8 Å².